The predicted octanol–water partition coefficient (Wildman–Crippen LogP) is 7.44. The summed E-state index contributed by atoms with van der Waals surface area (Å²) in [4.78, 5) is 2.51. The van der Waals surface area contributed by atoms with Crippen molar-refractivity contribution in [1.29, 1.82) is 0 Å². The zero-order valence-corrected chi connectivity index (χ0v) is 18.0. The minimum absolute atomic E-state index is 0.0695. The van der Waals surface area contributed by atoms with Gasteiger partial charge in [-0.2, -0.15) is 0 Å². The van der Waals surface area contributed by atoms with E-state index in [1.54, 1.807) is 0 Å². The van der Waals surface area contributed by atoms with Crippen LogP contribution in [0.15, 0.2) is 36.0 Å². The first kappa shape index (κ1) is 24.5. The van der Waals surface area contributed by atoms with Crippen molar-refractivity contribution in [1.82, 2.24) is 0 Å². The Balaban J connectivity index is 0.000000480. The van der Waals surface area contributed by atoms with Crippen LogP contribution in [0.25, 0.3) is 0 Å². The summed E-state index contributed by atoms with van der Waals surface area (Å²) in [6.45, 7) is 10.3. The van der Waals surface area contributed by atoms with Gasteiger partial charge in [-0.05, 0) is 24.0 Å². The maximum absolute atomic E-state index is 10.7. The molecule has 0 spiro atoms. The van der Waals surface area contributed by atoms with Gasteiger partial charge in [0.05, 0.1) is 0 Å². The molecule has 1 aliphatic heterocycles. The molecular formula is C19H29F6N2P. The maximum atomic E-state index is 9.87. The molecule has 0 saturated heterocycles. The molecule has 9 heteroatoms. The summed E-state index contributed by atoms with van der Waals surface area (Å²) in [5.74, 6) is 0.722. The number of anilines is 1. The number of rotatable bonds is 4. The molecular weight excluding hydrogens is 401 g/mol. The van der Waals surface area contributed by atoms with Gasteiger partial charge in [-0.25, -0.2) is 4.58 Å². The van der Waals surface area contributed by atoms with Crippen LogP contribution in [0.1, 0.15) is 39.7 Å². The molecule has 0 saturated carbocycles. The monoisotopic (exact) mass is 430 g/mol. The van der Waals surface area contributed by atoms with Crippen LogP contribution in [0.3, 0.4) is 0 Å². The first-order valence-corrected chi connectivity index (χ1v) is 11.0. The molecule has 0 radical (unpaired) electrons. The SMILES string of the molecule is CC(C)CCN1C(=CC=[N+](C)C)C(C)(C)c2ccccc21.F[P-](F)(F)(F)(F)F. The molecule has 162 valence electrons. The van der Waals surface area contributed by atoms with E-state index in [1.807, 2.05) is 0 Å². The van der Waals surface area contributed by atoms with Crippen molar-refractivity contribution in [2.24, 2.45) is 5.92 Å². The molecule has 0 aromatic heterocycles. The van der Waals surface area contributed by atoms with Gasteiger partial charge in [-0.1, -0.05) is 45.9 Å². The Morgan fingerprint density at radius 2 is 1.54 bits per heavy atom. The molecule has 0 amide bonds. The van der Waals surface area contributed by atoms with Gasteiger partial charge in [0.1, 0.15) is 14.1 Å². The van der Waals surface area contributed by atoms with Crippen molar-refractivity contribution in [3.8, 4) is 0 Å². The zero-order chi connectivity index (χ0) is 22.0. The van der Waals surface area contributed by atoms with Crippen molar-refractivity contribution in [2.45, 2.75) is 39.5 Å². The third-order valence-electron chi connectivity index (χ3n) is 4.26. The molecule has 1 aliphatic rings. The number of fused-ring (bicyclic) bond motifs is 1. The summed E-state index contributed by atoms with van der Waals surface area (Å²) in [5.41, 5.74) is 4.28. The number of allylic oxidation sites excluding steroid dienone is 2. The summed E-state index contributed by atoms with van der Waals surface area (Å²) < 4.78 is 61.3. The van der Waals surface area contributed by atoms with E-state index in [0.29, 0.717) is 0 Å². The van der Waals surface area contributed by atoms with E-state index in [2.05, 4.69) is 87.8 Å². The second kappa shape index (κ2) is 7.36. The van der Waals surface area contributed by atoms with Gasteiger partial charge >= 0.3 is 33.0 Å². The van der Waals surface area contributed by atoms with Gasteiger partial charge < -0.3 is 4.90 Å². The fraction of sp³-hybridized carbons (Fsp3) is 0.526. The van der Waals surface area contributed by atoms with Crippen molar-refractivity contribution in [3.63, 3.8) is 0 Å². The molecule has 2 nitrogen and oxygen atoms in total. The zero-order valence-electron chi connectivity index (χ0n) is 17.1. The van der Waals surface area contributed by atoms with E-state index in [1.165, 1.54) is 23.4 Å². The van der Waals surface area contributed by atoms with Crippen molar-refractivity contribution < 1.29 is 29.8 Å². The average Bonchev–Trinajstić information content (AvgIpc) is 2.67. The Hall–Kier alpha value is -1.56. The second-order valence-corrected chi connectivity index (χ2v) is 10.0. The average molecular weight is 430 g/mol. The van der Waals surface area contributed by atoms with E-state index in [-0.39, 0.29) is 5.41 Å². The first-order valence-electron chi connectivity index (χ1n) is 8.94. The second-order valence-electron chi connectivity index (χ2n) is 8.10. The number of para-hydroxylation sites is 1. The van der Waals surface area contributed by atoms with Crippen molar-refractivity contribution >= 4 is 19.7 Å². The van der Waals surface area contributed by atoms with Crippen LogP contribution in [0, 0.1) is 5.92 Å². The van der Waals surface area contributed by atoms with Gasteiger partial charge in [0.25, 0.3) is 0 Å². The van der Waals surface area contributed by atoms with Crippen LogP contribution in [-0.4, -0.2) is 31.4 Å². The Labute approximate surface area is 162 Å². The fourth-order valence-corrected chi connectivity index (χ4v) is 2.99. The van der Waals surface area contributed by atoms with E-state index in [9.17, 15) is 25.2 Å². The Morgan fingerprint density at radius 1 is 1.04 bits per heavy atom. The quantitative estimate of drug-likeness (QED) is 0.208. The van der Waals surface area contributed by atoms with E-state index < -0.39 is 7.81 Å². The van der Waals surface area contributed by atoms with E-state index >= 15 is 0 Å². The summed E-state index contributed by atoms with van der Waals surface area (Å²) in [6.07, 6.45) is 5.65. The standard InChI is InChI=1S/C19H29N2.F6P/c1-15(2)11-14-21-17-10-8-7-9-16(17)19(3,4)18(21)12-13-20(5)6;1-7(2,3,4,5)6/h7-10,12-13,15H,11,14H2,1-6H3;/q+1;-1. The number of benzene rings is 1. The number of hydrogen-bond donors (Lipinski definition) is 0. The molecule has 1 heterocycles. The third-order valence-corrected chi connectivity index (χ3v) is 4.26. The van der Waals surface area contributed by atoms with Crippen LogP contribution in [0.4, 0.5) is 30.9 Å². The summed E-state index contributed by atoms with van der Waals surface area (Å²) in [5, 5.41) is 0. The van der Waals surface area contributed by atoms with Crippen LogP contribution in [0.2, 0.25) is 0 Å². The fourth-order valence-electron chi connectivity index (χ4n) is 2.99. The Morgan fingerprint density at radius 3 is 2.00 bits per heavy atom. The van der Waals surface area contributed by atoms with Gasteiger partial charge in [-0.3, -0.25) is 0 Å². The molecule has 0 unspecified atom stereocenters. The van der Waals surface area contributed by atoms with Gasteiger partial charge in [-0.15, -0.1) is 0 Å². The molecule has 0 fully saturated rings. The van der Waals surface area contributed by atoms with Crippen molar-refractivity contribution in [2.75, 3.05) is 25.5 Å². The molecule has 1 aromatic rings. The molecule has 2 rings (SSSR count). The Kier molecular flexibility index (Phi) is 6.43. The van der Waals surface area contributed by atoms with Gasteiger partial charge in [0, 0.05) is 29.4 Å². The van der Waals surface area contributed by atoms with E-state index in [4.69, 9.17) is 0 Å². The topological polar surface area (TPSA) is 6.25 Å². The number of halogens is 6. The molecule has 28 heavy (non-hydrogen) atoms. The van der Waals surface area contributed by atoms with Crippen LogP contribution < -0.4 is 4.90 Å². The summed E-state index contributed by atoms with van der Waals surface area (Å²) in [7, 11) is -6.51. The van der Waals surface area contributed by atoms with Gasteiger partial charge in [0.15, 0.2) is 6.21 Å². The van der Waals surface area contributed by atoms with Crippen LogP contribution in [0.5, 0.6) is 0 Å². The van der Waals surface area contributed by atoms with Crippen molar-refractivity contribution in [3.05, 3.63) is 41.6 Å². The van der Waals surface area contributed by atoms with Gasteiger partial charge in [0.2, 0.25) is 0 Å². The minimum atomic E-state index is -10.7. The van der Waals surface area contributed by atoms with Crippen LogP contribution in [-0.2, 0) is 5.41 Å². The molecule has 0 bridgehead atoms. The number of nitrogens with zero attached hydrogens (tertiary/aromatic N) is 2. The Bertz CT molecular complexity index is 749. The normalized spacial score (nSPS) is 19.5. The molecule has 1 aromatic carbocycles. The molecule has 0 N–H and O–H groups in total. The summed E-state index contributed by atoms with van der Waals surface area (Å²) >= 11 is 0. The third kappa shape index (κ3) is 8.63. The first-order chi connectivity index (χ1) is 12.3. The summed E-state index contributed by atoms with van der Waals surface area (Å²) in [6, 6.07) is 8.83. The molecule has 0 aliphatic carbocycles. The number of hydrogen-bond acceptors (Lipinski definition) is 1. The van der Waals surface area contributed by atoms with E-state index in [0.717, 1.165) is 12.5 Å². The molecule has 0 atom stereocenters. The predicted molar refractivity (Wildman–Crippen MR) is 106 cm³/mol. The van der Waals surface area contributed by atoms with Crippen LogP contribution >= 0.6 is 7.81 Å².